The highest BCUT2D eigenvalue weighted by Crippen LogP contribution is 2.32. The molecule has 0 aromatic rings. The predicted octanol–water partition coefficient (Wildman–Crippen LogP) is 3.68. The third kappa shape index (κ3) is 5.01. The molecule has 2 fully saturated rings. The number of aliphatic hydroxyl groups excluding tert-OH is 1. The lowest BCUT2D eigenvalue weighted by molar-refractivity contribution is -0.128. The lowest BCUT2D eigenvalue weighted by Crippen LogP contribution is -2.38. The largest absolute Gasteiger partial charge is 0.393 e. The van der Waals surface area contributed by atoms with Crippen LogP contribution in [0.25, 0.3) is 0 Å². The van der Waals surface area contributed by atoms with Crippen LogP contribution in [-0.2, 0) is 9.47 Å². The van der Waals surface area contributed by atoms with E-state index in [0.717, 1.165) is 38.5 Å². The second-order valence-corrected chi connectivity index (χ2v) is 7.76. The van der Waals surface area contributed by atoms with Gasteiger partial charge in [0, 0.05) is 0 Å². The molecular weight excluding hydrogens is 252 g/mol. The van der Waals surface area contributed by atoms with Gasteiger partial charge >= 0.3 is 0 Å². The van der Waals surface area contributed by atoms with Crippen LogP contribution in [0.4, 0.5) is 0 Å². The van der Waals surface area contributed by atoms with Crippen molar-refractivity contribution in [1.82, 2.24) is 0 Å². The highest BCUT2D eigenvalue weighted by molar-refractivity contribution is 4.81. The Bertz CT molecular complexity index is 297. The van der Waals surface area contributed by atoms with Crippen molar-refractivity contribution in [2.45, 2.75) is 103 Å². The van der Waals surface area contributed by atoms with Gasteiger partial charge in [-0.1, -0.05) is 6.92 Å². The van der Waals surface area contributed by atoms with Gasteiger partial charge in [-0.15, -0.1) is 0 Å². The zero-order valence-corrected chi connectivity index (χ0v) is 13.6. The summed E-state index contributed by atoms with van der Waals surface area (Å²) in [6.07, 6.45) is 8.22. The molecule has 0 aliphatic heterocycles. The molecule has 3 heteroatoms. The molecule has 0 aromatic heterocycles. The summed E-state index contributed by atoms with van der Waals surface area (Å²) in [6.45, 7) is 8.50. The molecule has 2 rings (SSSR count). The normalized spacial score (nSPS) is 39.8. The van der Waals surface area contributed by atoms with Crippen molar-refractivity contribution < 1.29 is 14.6 Å². The van der Waals surface area contributed by atoms with Crippen LogP contribution in [0.1, 0.15) is 72.6 Å². The van der Waals surface area contributed by atoms with E-state index in [1.54, 1.807) is 0 Å². The van der Waals surface area contributed by atoms with E-state index < -0.39 is 0 Å². The molecule has 118 valence electrons. The van der Waals surface area contributed by atoms with E-state index in [1.165, 1.54) is 6.42 Å². The maximum Gasteiger partial charge on any atom is 0.0607 e. The molecule has 1 N–H and O–H groups in total. The van der Waals surface area contributed by atoms with Crippen molar-refractivity contribution in [3.63, 3.8) is 0 Å². The van der Waals surface area contributed by atoms with Crippen LogP contribution in [0, 0.1) is 5.92 Å². The molecule has 3 nitrogen and oxygen atoms in total. The smallest absolute Gasteiger partial charge is 0.0607 e. The summed E-state index contributed by atoms with van der Waals surface area (Å²) < 4.78 is 12.4. The fourth-order valence-electron chi connectivity index (χ4n) is 3.49. The number of rotatable bonds is 3. The Balaban J connectivity index is 1.78. The first-order chi connectivity index (χ1) is 9.33. The summed E-state index contributed by atoms with van der Waals surface area (Å²) in [5.74, 6) is 0.429. The van der Waals surface area contributed by atoms with Crippen molar-refractivity contribution in [2.24, 2.45) is 5.92 Å². The van der Waals surface area contributed by atoms with Crippen LogP contribution in [0.2, 0.25) is 0 Å². The summed E-state index contributed by atoms with van der Waals surface area (Å²) >= 11 is 0. The molecule has 0 amide bonds. The van der Waals surface area contributed by atoms with E-state index in [2.05, 4.69) is 27.7 Å². The van der Waals surface area contributed by atoms with E-state index in [1.807, 2.05) is 0 Å². The summed E-state index contributed by atoms with van der Waals surface area (Å²) in [5, 5.41) is 9.98. The second kappa shape index (κ2) is 6.76. The molecule has 5 atom stereocenters. The van der Waals surface area contributed by atoms with Crippen molar-refractivity contribution in [3.8, 4) is 0 Å². The van der Waals surface area contributed by atoms with Crippen LogP contribution >= 0.6 is 0 Å². The van der Waals surface area contributed by atoms with Gasteiger partial charge in [-0.05, 0) is 71.6 Å². The number of hydrogen-bond acceptors (Lipinski definition) is 3. The standard InChI is InChI=1S/C17H32O3/c1-12-8-9-14(11-16(12)18)19-13-6-5-7-15(10-13)20-17(2,3)4/h12-16,18H,5-11H2,1-4H3. The Morgan fingerprint density at radius 3 is 2.20 bits per heavy atom. The molecule has 2 aliphatic rings. The predicted molar refractivity (Wildman–Crippen MR) is 80.8 cm³/mol. The summed E-state index contributed by atoms with van der Waals surface area (Å²) in [7, 11) is 0. The Morgan fingerprint density at radius 1 is 0.900 bits per heavy atom. The van der Waals surface area contributed by atoms with Crippen molar-refractivity contribution in [1.29, 1.82) is 0 Å². The van der Waals surface area contributed by atoms with Gasteiger partial charge in [0.15, 0.2) is 0 Å². The fraction of sp³-hybridized carbons (Fsp3) is 1.00. The Kier molecular flexibility index (Phi) is 5.49. The Morgan fingerprint density at radius 2 is 1.55 bits per heavy atom. The van der Waals surface area contributed by atoms with E-state index in [-0.39, 0.29) is 17.8 Å². The zero-order valence-electron chi connectivity index (χ0n) is 13.6. The first-order valence-corrected chi connectivity index (χ1v) is 8.35. The third-order valence-corrected chi connectivity index (χ3v) is 4.59. The van der Waals surface area contributed by atoms with Gasteiger partial charge < -0.3 is 14.6 Å². The number of hydrogen-bond donors (Lipinski definition) is 1. The molecule has 0 heterocycles. The zero-order chi connectivity index (χ0) is 14.8. The van der Waals surface area contributed by atoms with E-state index in [4.69, 9.17) is 9.47 Å². The fourth-order valence-corrected chi connectivity index (χ4v) is 3.49. The highest BCUT2D eigenvalue weighted by Gasteiger charge is 2.31. The molecule has 0 bridgehead atoms. The van der Waals surface area contributed by atoms with Crippen molar-refractivity contribution >= 4 is 0 Å². The molecule has 5 unspecified atom stereocenters. The van der Waals surface area contributed by atoms with Crippen molar-refractivity contribution in [2.75, 3.05) is 0 Å². The van der Waals surface area contributed by atoms with Gasteiger partial charge in [0.1, 0.15) is 0 Å². The van der Waals surface area contributed by atoms with Gasteiger partial charge in [0.2, 0.25) is 0 Å². The van der Waals surface area contributed by atoms with Crippen LogP contribution in [0.5, 0.6) is 0 Å². The maximum absolute atomic E-state index is 9.98. The lowest BCUT2D eigenvalue weighted by Gasteiger charge is -2.37. The first kappa shape index (κ1) is 16.3. The third-order valence-electron chi connectivity index (χ3n) is 4.59. The maximum atomic E-state index is 9.98. The van der Waals surface area contributed by atoms with Crippen molar-refractivity contribution in [3.05, 3.63) is 0 Å². The Hall–Kier alpha value is -0.120. The molecule has 0 aromatic carbocycles. The molecule has 0 spiro atoms. The van der Waals surface area contributed by atoms with Crippen LogP contribution in [0.15, 0.2) is 0 Å². The summed E-state index contributed by atoms with van der Waals surface area (Å²) in [4.78, 5) is 0. The summed E-state index contributed by atoms with van der Waals surface area (Å²) in [5.41, 5.74) is -0.0664. The minimum atomic E-state index is -0.182. The monoisotopic (exact) mass is 284 g/mol. The van der Waals surface area contributed by atoms with Crippen LogP contribution in [0.3, 0.4) is 0 Å². The number of aliphatic hydroxyl groups is 1. The van der Waals surface area contributed by atoms with Gasteiger partial charge in [0.05, 0.1) is 30.0 Å². The molecular formula is C17H32O3. The van der Waals surface area contributed by atoms with Gasteiger partial charge in [-0.2, -0.15) is 0 Å². The minimum Gasteiger partial charge on any atom is -0.393 e. The highest BCUT2D eigenvalue weighted by atomic mass is 16.5. The quantitative estimate of drug-likeness (QED) is 0.859. The average molecular weight is 284 g/mol. The van der Waals surface area contributed by atoms with Gasteiger partial charge in [-0.3, -0.25) is 0 Å². The van der Waals surface area contributed by atoms with Crippen LogP contribution < -0.4 is 0 Å². The topological polar surface area (TPSA) is 38.7 Å². The molecule has 2 aliphatic carbocycles. The molecule has 2 saturated carbocycles. The van der Waals surface area contributed by atoms with Gasteiger partial charge in [-0.25, -0.2) is 0 Å². The molecule has 0 saturated heterocycles. The number of ether oxygens (including phenoxy) is 2. The first-order valence-electron chi connectivity index (χ1n) is 8.35. The average Bonchev–Trinajstić information content (AvgIpc) is 2.32. The van der Waals surface area contributed by atoms with Crippen LogP contribution in [-0.4, -0.2) is 35.1 Å². The summed E-state index contributed by atoms with van der Waals surface area (Å²) in [6, 6.07) is 0. The van der Waals surface area contributed by atoms with E-state index >= 15 is 0 Å². The Labute approximate surface area is 124 Å². The van der Waals surface area contributed by atoms with E-state index in [9.17, 15) is 5.11 Å². The second-order valence-electron chi connectivity index (χ2n) is 7.76. The van der Waals surface area contributed by atoms with Gasteiger partial charge in [0.25, 0.3) is 0 Å². The van der Waals surface area contributed by atoms with E-state index in [0.29, 0.717) is 18.1 Å². The molecule has 0 radical (unpaired) electrons. The minimum absolute atomic E-state index is 0.0664. The SMILES string of the molecule is CC1CCC(OC2CCCC(OC(C)(C)C)C2)CC1O. The lowest BCUT2D eigenvalue weighted by atomic mass is 9.85. The molecule has 20 heavy (non-hydrogen) atoms.